The first-order valence-corrected chi connectivity index (χ1v) is 6.09. The summed E-state index contributed by atoms with van der Waals surface area (Å²) in [5, 5.41) is 2.92. The van der Waals surface area contributed by atoms with E-state index in [0.717, 1.165) is 5.56 Å². The molecule has 1 aromatic heterocycles. The number of carbonyl (C=O) groups is 1. The van der Waals surface area contributed by atoms with Crippen molar-refractivity contribution in [1.29, 1.82) is 0 Å². The highest BCUT2D eigenvalue weighted by Crippen LogP contribution is 2.15. The highest BCUT2D eigenvalue weighted by atomic mass is 32.2. The van der Waals surface area contributed by atoms with Gasteiger partial charge < -0.3 is 5.32 Å². The van der Waals surface area contributed by atoms with Crippen molar-refractivity contribution < 1.29 is 8.68 Å². The van der Waals surface area contributed by atoms with Gasteiger partial charge in [-0.3, -0.25) is 4.79 Å². The van der Waals surface area contributed by atoms with E-state index in [1.807, 2.05) is 30.3 Å². The molecule has 1 aromatic carbocycles. The van der Waals surface area contributed by atoms with E-state index >= 15 is 0 Å². The van der Waals surface area contributed by atoms with E-state index < -0.39 is 0 Å². The maximum Gasteiger partial charge on any atom is 0.270 e. The fourth-order valence-electron chi connectivity index (χ4n) is 1.45. The third kappa shape index (κ3) is 3.30. The smallest absolute Gasteiger partial charge is 0.270 e. The zero-order valence-electron chi connectivity index (χ0n) is 9.47. The lowest BCUT2D eigenvalue weighted by Gasteiger charge is -2.05. The first kappa shape index (κ1) is 12.6. The van der Waals surface area contributed by atoms with Crippen LogP contribution in [-0.2, 0) is 6.54 Å². The van der Waals surface area contributed by atoms with Crippen LogP contribution in [0.3, 0.4) is 0 Å². The van der Waals surface area contributed by atoms with Gasteiger partial charge >= 0.3 is 0 Å². The lowest BCUT2D eigenvalue weighted by molar-refractivity contribution is 0.0945. The molecule has 5 heteroatoms. The lowest BCUT2D eigenvalue weighted by atomic mass is 10.2. The van der Waals surface area contributed by atoms with Crippen molar-refractivity contribution in [2.24, 2.45) is 0 Å². The largest absolute Gasteiger partial charge is 0.347 e. The van der Waals surface area contributed by atoms with Crippen LogP contribution in [-0.4, -0.2) is 10.9 Å². The quantitative estimate of drug-likeness (QED) is 0.921. The number of nitrogens with one attached hydrogen (secondary N) is 1. The van der Waals surface area contributed by atoms with Crippen LogP contribution >= 0.6 is 12.1 Å². The number of hydrogen-bond acceptors (Lipinski definition) is 3. The van der Waals surface area contributed by atoms with Crippen LogP contribution in [0.25, 0.3) is 0 Å². The molecule has 0 atom stereocenters. The van der Waals surface area contributed by atoms with Gasteiger partial charge in [-0.15, -0.1) is 0 Å². The fraction of sp³-hybridized carbons (Fsp3) is 0.0769. The molecule has 0 saturated heterocycles. The van der Waals surface area contributed by atoms with Crippen LogP contribution in [0.4, 0.5) is 3.89 Å². The minimum atomic E-state index is -0.310. The molecule has 1 heterocycles. The van der Waals surface area contributed by atoms with Crippen molar-refractivity contribution in [2.45, 2.75) is 11.6 Å². The maximum atomic E-state index is 12.3. The molecule has 0 aliphatic rings. The molecule has 1 amide bonds. The third-order valence-electron chi connectivity index (χ3n) is 2.33. The monoisotopic (exact) mass is 262 g/mol. The van der Waals surface area contributed by atoms with Crippen LogP contribution in [0, 0.1) is 0 Å². The standard InChI is InChI=1S/C13H11FN2OS/c14-18-12-8-4-7-11(16-12)13(17)15-9-10-5-2-1-3-6-10/h1-8H,9H2,(H,15,17). The Bertz CT molecular complexity index is 534. The number of aromatic nitrogens is 1. The van der Waals surface area contributed by atoms with E-state index in [-0.39, 0.29) is 28.8 Å². The van der Waals surface area contributed by atoms with Crippen LogP contribution in [0.1, 0.15) is 16.1 Å². The van der Waals surface area contributed by atoms with Crippen LogP contribution in [0.2, 0.25) is 0 Å². The SMILES string of the molecule is O=C(NCc1ccccc1)c1cccc(SF)n1. The van der Waals surface area contributed by atoms with Crippen molar-refractivity contribution >= 4 is 18.1 Å². The van der Waals surface area contributed by atoms with Gasteiger partial charge in [-0.1, -0.05) is 36.4 Å². The molecule has 2 aromatic rings. The van der Waals surface area contributed by atoms with Crippen molar-refractivity contribution in [3.8, 4) is 0 Å². The molecule has 0 fully saturated rings. The van der Waals surface area contributed by atoms with Crippen molar-refractivity contribution in [3.05, 3.63) is 59.8 Å². The summed E-state index contributed by atoms with van der Waals surface area (Å²) in [7, 11) is 0. The van der Waals surface area contributed by atoms with E-state index in [1.54, 1.807) is 12.1 Å². The van der Waals surface area contributed by atoms with Gasteiger partial charge in [0.1, 0.15) is 22.9 Å². The molecule has 92 valence electrons. The van der Waals surface area contributed by atoms with Gasteiger partial charge in [0.2, 0.25) is 0 Å². The predicted octanol–water partition coefficient (Wildman–Crippen LogP) is 2.99. The zero-order chi connectivity index (χ0) is 12.8. The van der Waals surface area contributed by atoms with E-state index in [1.165, 1.54) is 6.07 Å². The Labute approximate surface area is 109 Å². The average molecular weight is 262 g/mol. The Morgan fingerprint density at radius 2 is 1.94 bits per heavy atom. The van der Waals surface area contributed by atoms with Crippen LogP contribution < -0.4 is 5.32 Å². The highest BCUT2D eigenvalue weighted by Gasteiger charge is 2.07. The van der Waals surface area contributed by atoms with E-state index in [0.29, 0.717) is 6.54 Å². The van der Waals surface area contributed by atoms with Gasteiger partial charge in [0, 0.05) is 6.54 Å². The predicted molar refractivity (Wildman–Crippen MR) is 68.8 cm³/mol. The molecule has 0 unspecified atom stereocenters. The molecule has 0 aliphatic heterocycles. The van der Waals surface area contributed by atoms with Gasteiger partial charge in [0.15, 0.2) is 0 Å². The Hall–Kier alpha value is -1.88. The van der Waals surface area contributed by atoms with Crippen molar-refractivity contribution in [3.63, 3.8) is 0 Å². The molecular weight excluding hydrogens is 251 g/mol. The molecule has 3 nitrogen and oxygen atoms in total. The van der Waals surface area contributed by atoms with E-state index in [2.05, 4.69) is 10.3 Å². The topological polar surface area (TPSA) is 42.0 Å². The second kappa shape index (κ2) is 6.16. The molecular formula is C13H11FN2OS. The van der Waals surface area contributed by atoms with Crippen LogP contribution in [0.15, 0.2) is 53.6 Å². The minimum Gasteiger partial charge on any atom is -0.347 e. The maximum absolute atomic E-state index is 12.3. The summed E-state index contributed by atoms with van der Waals surface area (Å²) in [6, 6.07) is 14.2. The Balaban J connectivity index is 1.99. The summed E-state index contributed by atoms with van der Waals surface area (Å²) in [4.78, 5) is 15.7. The number of carbonyl (C=O) groups excluding carboxylic acids is 1. The molecule has 0 radical (unpaired) electrons. The average Bonchev–Trinajstić information content (AvgIpc) is 2.46. The van der Waals surface area contributed by atoms with Crippen LogP contribution in [0.5, 0.6) is 0 Å². The second-order valence-corrected chi connectivity index (χ2v) is 4.18. The summed E-state index contributed by atoms with van der Waals surface area (Å²) in [5.41, 5.74) is 1.22. The van der Waals surface area contributed by atoms with E-state index in [4.69, 9.17) is 0 Å². The summed E-state index contributed by atoms with van der Waals surface area (Å²) >= 11 is 0.0237. The number of nitrogens with zero attached hydrogens (tertiary/aromatic N) is 1. The normalized spacial score (nSPS) is 10.1. The number of amides is 1. The molecule has 0 aliphatic carbocycles. The van der Waals surface area contributed by atoms with Gasteiger partial charge in [-0.25, -0.2) is 4.98 Å². The first-order chi connectivity index (χ1) is 8.79. The third-order valence-corrected chi connectivity index (χ3v) is 2.72. The van der Waals surface area contributed by atoms with Gasteiger partial charge in [0.05, 0.1) is 0 Å². The molecule has 0 bridgehead atoms. The number of pyridine rings is 1. The minimum absolute atomic E-state index is 0.0237. The fourth-order valence-corrected chi connectivity index (χ4v) is 1.72. The highest BCUT2D eigenvalue weighted by molar-refractivity contribution is 7.94. The van der Waals surface area contributed by atoms with E-state index in [9.17, 15) is 8.68 Å². The molecule has 2 rings (SSSR count). The molecule has 1 N–H and O–H groups in total. The first-order valence-electron chi connectivity index (χ1n) is 5.37. The Morgan fingerprint density at radius 1 is 1.17 bits per heavy atom. The summed E-state index contributed by atoms with van der Waals surface area (Å²) in [6.45, 7) is 0.425. The van der Waals surface area contributed by atoms with Gasteiger partial charge in [0.25, 0.3) is 5.91 Å². The lowest BCUT2D eigenvalue weighted by Crippen LogP contribution is -2.23. The Kier molecular flexibility index (Phi) is 4.30. The zero-order valence-corrected chi connectivity index (χ0v) is 10.3. The molecule has 0 spiro atoms. The number of benzene rings is 1. The second-order valence-electron chi connectivity index (χ2n) is 3.61. The Morgan fingerprint density at radius 3 is 2.67 bits per heavy atom. The molecule has 0 saturated carbocycles. The number of rotatable bonds is 4. The molecule has 18 heavy (non-hydrogen) atoms. The summed E-state index contributed by atoms with van der Waals surface area (Å²) in [5.74, 6) is -0.310. The summed E-state index contributed by atoms with van der Waals surface area (Å²) in [6.07, 6.45) is 0. The van der Waals surface area contributed by atoms with Gasteiger partial charge in [-0.05, 0) is 17.7 Å². The number of halogens is 1. The van der Waals surface area contributed by atoms with Crippen molar-refractivity contribution in [2.75, 3.05) is 0 Å². The van der Waals surface area contributed by atoms with Crippen molar-refractivity contribution in [1.82, 2.24) is 10.3 Å². The van der Waals surface area contributed by atoms with Gasteiger partial charge in [-0.2, -0.15) is 3.89 Å². The summed E-state index contributed by atoms with van der Waals surface area (Å²) < 4.78 is 12.3. The number of hydrogen-bond donors (Lipinski definition) is 1.